The molecule has 0 spiro atoms. The van der Waals surface area contributed by atoms with Gasteiger partial charge >= 0.3 is 6.18 Å². The molecule has 0 bridgehead atoms. The average Bonchev–Trinajstić information content (AvgIpc) is 3.29. The number of rotatable bonds is 6. The van der Waals surface area contributed by atoms with E-state index in [-0.39, 0.29) is 25.3 Å². The largest absolute Gasteiger partial charge is 0.461 e. The Labute approximate surface area is 146 Å². The summed E-state index contributed by atoms with van der Waals surface area (Å²) < 4.78 is 47.7. The van der Waals surface area contributed by atoms with Crippen LogP contribution in [0.1, 0.15) is 23.4 Å². The maximum Gasteiger partial charge on any atom is 0.416 e. The number of halogens is 3. The van der Waals surface area contributed by atoms with E-state index < -0.39 is 11.7 Å². The first-order valence-electron chi connectivity index (χ1n) is 7.71. The Kier molecular flexibility index (Phi) is 5.06. The normalized spacial score (nSPS) is 11.5. The molecule has 2 aromatic heterocycles. The lowest BCUT2D eigenvalue weighted by molar-refractivity contribution is -0.137. The van der Waals surface area contributed by atoms with Crippen LogP contribution in [0.3, 0.4) is 0 Å². The molecule has 0 radical (unpaired) electrons. The van der Waals surface area contributed by atoms with Crippen LogP contribution in [-0.4, -0.2) is 16.0 Å². The van der Waals surface area contributed by atoms with Crippen molar-refractivity contribution in [2.24, 2.45) is 0 Å². The highest BCUT2D eigenvalue weighted by molar-refractivity contribution is 5.76. The van der Waals surface area contributed by atoms with Gasteiger partial charge in [0, 0.05) is 19.4 Å². The smallest absolute Gasteiger partial charge is 0.416 e. The zero-order valence-electron chi connectivity index (χ0n) is 13.4. The molecule has 1 N–H and O–H groups in total. The Hall–Kier alpha value is -3.10. The van der Waals surface area contributed by atoms with Crippen LogP contribution < -0.4 is 5.32 Å². The molecule has 26 heavy (non-hydrogen) atoms. The quantitative estimate of drug-likeness (QED) is 0.722. The number of aromatic nitrogens is 2. The predicted molar refractivity (Wildman–Crippen MR) is 83.6 cm³/mol. The molecule has 6 nitrogen and oxygen atoms in total. The summed E-state index contributed by atoms with van der Waals surface area (Å²) in [5.41, 5.74) is -0.152. The fourth-order valence-corrected chi connectivity index (χ4v) is 2.18. The number of furan rings is 1. The van der Waals surface area contributed by atoms with Crippen LogP contribution in [0.4, 0.5) is 13.2 Å². The molecule has 136 valence electrons. The highest BCUT2D eigenvalue weighted by Crippen LogP contribution is 2.29. The summed E-state index contributed by atoms with van der Waals surface area (Å²) in [7, 11) is 0. The highest BCUT2D eigenvalue weighted by atomic mass is 19.4. The van der Waals surface area contributed by atoms with Crippen LogP contribution in [0.2, 0.25) is 0 Å². The lowest BCUT2D eigenvalue weighted by Crippen LogP contribution is -2.23. The third kappa shape index (κ3) is 4.50. The van der Waals surface area contributed by atoms with Gasteiger partial charge in [0.05, 0.1) is 11.8 Å². The van der Waals surface area contributed by atoms with Gasteiger partial charge in [-0.2, -0.15) is 18.2 Å². The van der Waals surface area contributed by atoms with Gasteiger partial charge in [-0.25, -0.2) is 0 Å². The monoisotopic (exact) mass is 365 g/mol. The average molecular weight is 365 g/mol. The van der Waals surface area contributed by atoms with Crippen molar-refractivity contribution in [3.05, 3.63) is 59.7 Å². The van der Waals surface area contributed by atoms with Crippen LogP contribution in [0.5, 0.6) is 0 Å². The van der Waals surface area contributed by atoms with E-state index in [0.29, 0.717) is 23.0 Å². The molecular weight excluding hydrogens is 351 g/mol. The lowest BCUT2D eigenvalue weighted by atomic mass is 10.1. The minimum atomic E-state index is -4.37. The molecule has 0 aliphatic carbocycles. The lowest BCUT2D eigenvalue weighted by Gasteiger charge is -2.08. The fourth-order valence-electron chi connectivity index (χ4n) is 2.18. The van der Waals surface area contributed by atoms with Crippen LogP contribution >= 0.6 is 0 Å². The number of nitrogens with one attached hydrogen (secondary N) is 1. The summed E-state index contributed by atoms with van der Waals surface area (Å²) in [6, 6.07) is 8.01. The summed E-state index contributed by atoms with van der Waals surface area (Å²) in [5.74, 6) is 0.783. The van der Waals surface area contributed by atoms with E-state index in [4.69, 9.17) is 8.94 Å². The summed E-state index contributed by atoms with van der Waals surface area (Å²) in [4.78, 5) is 16.0. The first-order valence-corrected chi connectivity index (χ1v) is 7.71. The van der Waals surface area contributed by atoms with Crippen molar-refractivity contribution in [2.75, 3.05) is 0 Å². The first kappa shape index (κ1) is 17.7. The SMILES string of the molecule is O=C(CCc1nc(-c2ccco2)no1)NCc1ccc(C(F)(F)F)cc1. The van der Waals surface area contributed by atoms with Crippen molar-refractivity contribution in [3.63, 3.8) is 0 Å². The highest BCUT2D eigenvalue weighted by Gasteiger charge is 2.29. The number of alkyl halides is 3. The summed E-state index contributed by atoms with van der Waals surface area (Å²) in [5, 5.41) is 6.39. The van der Waals surface area contributed by atoms with Crippen molar-refractivity contribution in [2.45, 2.75) is 25.6 Å². The molecule has 0 saturated heterocycles. The van der Waals surface area contributed by atoms with E-state index in [0.717, 1.165) is 12.1 Å². The summed E-state index contributed by atoms with van der Waals surface area (Å²) >= 11 is 0. The van der Waals surface area contributed by atoms with Gasteiger partial charge in [-0.05, 0) is 29.8 Å². The zero-order chi connectivity index (χ0) is 18.6. The van der Waals surface area contributed by atoms with Gasteiger partial charge in [-0.3, -0.25) is 4.79 Å². The van der Waals surface area contributed by atoms with E-state index in [1.807, 2.05) is 0 Å². The van der Waals surface area contributed by atoms with Gasteiger partial charge in [0.15, 0.2) is 5.76 Å². The van der Waals surface area contributed by atoms with Gasteiger partial charge in [0.25, 0.3) is 0 Å². The molecular formula is C17H14F3N3O3. The number of carbonyl (C=O) groups is 1. The molecule has 0 atom stereocenters. The Morgan fingerprint density at radius 3 is 2.58 bits per heavy atom. The minimum absolute atomic E-state index is 0.112. The third-order valence-corrected chi connectivity index (χ3v) is 3.55. The Morgan fingerprint density at radius 2 is 1.92 bits per heavy atom. The molecule has 3 rings (SSSR count). The van der Waals surface area contributed by atoms with E-state index in [9.17, 15) is 18.0 Å². The number of nitrogens with zero attached hydrogens (tertiary/aromatic N) is 2. The van der Waals surface area contributed by atoms with Gasteiger partial charge in [0.2, 0.25) is 17.6 Å². The number of carbonyl (C=O) groups excluding carboxylic acids is 1. The van der Waals surface area contributed by atoms with Crippen LogP contribution in [-0.2, 0) is 23.9 Å². The minimum Gasteiger partial charge on any atom is -0.461 e. The maximum atomic E-state index is 12.5. The molecule has 1 aromatic carbocycles. The molecule has 0 aliphatic heterocycles. The Bertz CT molecular complexity index is 856. The van der Waals surface area contributed by atoms with Gasteiger partial charge < -0.3 is 14.3 Å². The standard InChI is InChI=1S/C17H14F3N3O3/c18-17(19,20)12-5-3-11(4-6-12)10-21-14(24)7-8-15-22-16(23-26-15)13-2-1-9-25-13/h1-6,9H,7-8,10H2,(H,21,24). The third-order valence-electron chi connectivity index (χ3n) is 3.55. The maximum absolute atomic E-state index is 12.5. The van der Waals surface area contributed by atoms with Crippen LogP contribution in [0, 0.1) is 0 Å². The van der Waals surface area contributed by atoms with Crippen molar-refractivity contribution in [3.8, 4) is 11.6 Å². The number of hydrogen-bond donors (Lipinski definition) is 1. The summed E-state index contributed by atoms with van der Waals surface area (Å²) in [6.07, 6.45) is -2.53. The van der Waals surface area contributed by atoms with Crippen molar-refractivity contribution in [1.29, 1.82) is 0 Å². The van der Waals surface area contributed by atoms with Gasteiger partial charge in [0.1, 0.15) is 0 Å². The van der Waals surface area contributed by atoms with Crippen LogP contribution in [0.25, 0.3) is 11.6 Å². The molecule has 0 unspecified atom stereocenters. The number of hydrogen-bond acceptors (Lipinski definition) is 5. The summed E-state index contributed by atoms with van der Waals surface area (Å²) in [6.45, 7) is 0.137. The van der Waals surface area contributed by atoms with E-state index in [2.05, 4.69) is 15.5 Å². The van der Waals surface area contributed by atoms with Crippen LogP contribution in [0.15, 0.2) is 51.6 Å². The number of amides is 1. The molecule has 2 heterocycles. The molecule has 0 saturated carbocycles. The van der Waals surface area contributed by atoms with Crippen molar-refractivity contribution < 1.29 is 26.9 Å². The van der Waals surface area contributed by atoms with Crippen molar-refractivity contribution >= 4 is 5.91 Å². The molecule has 9 heteroatoms. The second-order valence-electron chi connectivity index (χ2n) is 5.46. The van der Waals surface area contributed by atoms with Gasteiger partial charge in [-0.1, -0.05) is 17.3 Å². The predicted octanol–water partition coefficient (Wildman–Crippen LogP) is 3.60. The van der Waals surface area contributed by atoms with E-state index in [1.165, 1.54) is 18.4 Å². The second kappa shape index (κ2) is 7.42. The number of aryl methyl sites for hydroxylation is 1. The van der Waals surface area contributed by atoms with E-state index >= 15 is 0 Å². The van der Waals surface area contributed by atoms with E-state index in [1.54, 1.807) is 12.1 Å². The number of benzene rings is 1. The van der Waals surface area contributed by atoms with Crippen molar-refractivity contribution in [1.82, 2.24) is 15.5 Å². The second-order valence-corrected chi connectivity index (χ2v) is 5.46. The Morgan fingerprint density at radius 1 is 1.15 bits per heavy atom. The first-order chi connectivity index (χ1) is 12.4. The Balaban J connectivity index is 1.46. The fraction of sp³-hybridized carbons (Fsp3) is 0.235. The van der Waals surface area contributed by atoms with Gasteiger partial charge in [-0.15, -0.1) is 0 Å². The topological polar surface area (TPSA) is 81.2 Å². The molecule has 3 aromatic rings. The molecule has 1 amide bonds. The molecule has 0 aliphatic rings. The molecule has 0 fully saturated rings. The zero-order valence-corrected chi connectivity index (χ0v) is 13.4.